The molecule has 0 atom stereocenters. The molecule has 0 aromatic heterocycles. The predicted octanol–water partition coefficient (Wildman–Crippen LogP) is 1.77. The van der Waals surface area contributed by atoms with E-state index in [0.29, 0.717) is 30.0 Å². The molecule has 0 saturated carbocycles. The van der Waals surface area contributed by atoms with Crippen LogP contribution in [0.4, 0.5) is 17.1 Å². The molecule has 0 bridgehead atoms. The summed E-state index contributed by atoms with van der Waals surface area (Å²) in [5, 5.41) is 2.57. The topological polar surface area (TPSA) is 113 Å². The van der Waals surface area contributed by atoms with Crippen LogP contribution in [0.25, 0.3) is 0 Å². The summed E-state index contributed by atoms with van der Waals surface area (Å²) in [6.45, 7) is 1.71. The van der Waals surface area contributed by atoms with Gasteiger partial charge in [0.05, 0.1) is 16.8 Å². The Hall–Kier alpha value is -2.59. The van der Waals surface area contributed by atoms with Crippen molar-refractivity contribution in [2.24, 2.45) is 0 Å². The minimum atomic E-state index is -3.81. The molecule has 1 amide bonds. The Labute approximate surface area is 158 Å². The van der Waals surface area contributed by atoms with Crippen LogP contribution in [-0.4, -0.2) is 35.5 Å². The van der Waals surface area contributed by atoms with Crippen LogP contribution in [0.15, 0.2) is 47.4 Å². The lowest BCUT2D eigenvalue weighted by Gasteiger charge is -2.16. The number of benzene rings is 2. The molecule has 0 fully saturated rings. The third kappa shape index (κ3) is 4.22. The van der Waals surface area contributed by atoms with Gasteiger partial charge >= 0.3 is 0 Å². The van der Waals surface area contributed by atoms with Crippen LogP contribution in [0.1, 0.15) is 12.5 Å². The third-order valence-corrected chi connectivity index (χ3v) is 6.65. The van der Waals surface area contributed by atoms with Gasteiger partial charge in [0.15, 0.2) is 0 Å². The highest BCUT2D eigenvalue weighted by Gasteiger charge is 2.26. The quantitative estimate of drug-likeness (QED) is 0.781. The van der Waals surface area contributed by atoms with Crippen molar-refractivity contribution in [1.29, 1.82) is 0 Å². The normalized spacial score (nSPS) is 13.9. The van der Waals surface area contributed by atoms with E-state index in [9.17, 15) is 21.6 Å². The van der Waals surface area contributed by atoms with Gasteiger partial charge in [0.2, 0.25) is 15.9 Å². The van der Waals surface area contributed by atoms with Gasteiger partial charge in [0.1, 0.15) is 0 Å². The molecule has 144 valence electrons. The molecular weight excluding hydrogens is 390 g/mol. The van der Waals surface area contributed by atoms with Crippen LogP contribution in [0.5, 0.6) is 0 Å². The number of rotatable bonds is 5. The minimum absolute atomic E-state index is 0.0508. The Morgan fingerprint density at radius 3 is 2.22 bits per heavy atom. The van der Waals surface area contributed by atoms with E-state index in [1.165, 1.54) is 41.6 Å². The molecule has 0 unspecified atom stereocenters. The van der Waals surface area contributed by atoms with Crippen molar-refractivity contribution in [3.8, 4) is 0 Å². The number of carbonyl (C=O) groups excluding carboxylic acids is 1. The van der Waals surface area contributed by atoms with Crippen LogP contribution >= 0.6 is 0 Å². The predicted molar refractivity (Wildman–Crippen MR) is 104 cm³/mol. The van der Waals surface area contributed by atoms with Crippen molar-refractivity contribution >= 4 is 43.0 Å². The lowest BCUT2D eigenvalue weighted by molar-refractivity contribution is -0.114. The molecule has 2 N–H and O–H groups in total. The Balaban J connectivity index is 1.82. The average molecular weight is 409 g/mol. The van der Waals surface area contributed by atoms with E-state index in [-0.39, 0.29) is 10.8 Å². The van der Waals surface area contributed by atoms with Crippen LogP contribution in [-0.2, 0) is 31.3 Å². The average Bonchev–Trinajstić information content (AvgIpc) is 2.97. The molecule has 10 heteroatoms. The molecule has 2 aromatic rings. The summed E-state index contributed by atoms with van der Waals surface area (Å²) in [6, 6.07) is 10.6. The van der Waals surface area contributed by atoms with Gasteiger partial charge in [-0.05, 0) is 54.4 Å². The summed E-state index contributed by atoms with van der Waals surface area (Å²) >= 11 is 0. The zero-order valence-corrected chi connectivity index (χ0v) is 16.4. The molecule has 0 spiro atoms. The van der Waals surface area contributed by atoms with Gasteiger partial charge in [-0.2, -0.15) is 0 Å². The fourth-order valence-corrected chi connectivity index (χ4v) is 4.92. The Morgan fingerprint density at radius 1 is 1.00 bits per heavy atom. The van der Waals surface area contributed by atoms with E-state index >= 15 is 0 Å². The number of carbonyl (C=O) groups is 1. The number of fused-ring (bicyclic) bond motifs is 1. The van der Waals surface area contributed by atoms with Gasteiger partial charge in [-0.15, -0.1) is 0 Å². The maximum Gasteiger partial charge on any atom is 0.261 e. The van der Waals surface area contributed by atoms with Crippen molar-refractivity contribution in [3.05, 3.63) is 48.0 Å². The number of anilines is 3. The first-order chi connectivity index (χ1) is 12.6. The standard InChI is InChI=1S/C17H19N3O5S2/c1-12(21)18-14-3-6-16(7-4-14)27(24,25)19-15-5-8-17-13(11-15)9-10-20(17)26(2,22)23/h3-8,11,19H,9-10H2,1-2H3,(H,18,21). The number of nitrogens with zero attached hydrogens (tertiary/aromatic N) is 1. The van der Waals surface area contributed by atoms with Crippen molar-refractivity contribution in [2.75, 3.05) is 27.1 Å². The monoisotopic (exact) mass is 409 g/mol. The second-order valence-corrected chi connectivity index (χ2v) is 9.83. The maximum absolute atomic E-state index is 12.6. The Morgan fingerprint density at radius 2 is 1.63 bits per heavy atom. The SMILES string of the molecule is CC(=O)Nc1ccc(S(=O)(=O)Nc2ccc3c(c2)CCN3S(C)(=O)=O)cc1. The molecule has 3 rings (SSSR count). The van der Waals surface area contributed by atoms with Gasteiger partial charge in [-0.1, -0.05) is 0 Å². The summed E-state index contributed by atoms with van der Waals surface area (Å²) in [6.07, 6.45) is 1.66. The molecule has 1 aliphatic heterocycles. The largest absolute Gasteiger partial charge is 0.326 e. The molecular formula is C17H19N3O5S2. The van der Waals surface area contributed by atoms with E-state index in [2.05, 4.69) is 10.0 Å². The molecule has 0 aliphatic carbocycles. The highest BCUT2D eigenvalue weighted by atomic mass is 32.2. The van der Waals surface area contributed by atoms with Gasteiger partial charge in [0, 0.05) is 24.8 Å². The highest BCUT2D eigenvalue weighted by molar-refractivity contribution is 7.92. The fourth-order valence-electron chi connectivity index (χ4n) is 2.91. The zero-order chi connectivity index (χ0) is 19.8. The molecule has 8 nitrogen and oxygen atoms in total. The van der Waals surface area contributed by atoms with Gasteiger partial charge in [0.25, 0.3) is 10.0 Å². The number of hydrogen-bond acceptors (Lipinski definition) is 5. The molecule has 0 radical (unpaired) electrons. The van der Waals surface area contributed by atoms with Crippen LogP contribution in [0, 0.1) is 0 Å². The number of amides is 1. The summed E-state index contributed by atoms with van der Waals surface area (Å²) < 4.78 is 52.5. The second kappa shape index (κ2) is 6.86. The van der Waals surface area contributed by atoms with Gasteiger partial charge < -0.3 is 5.32 Å². The molecule has 27 heavy (non-hydrogen) atoms. The third-order valence-electron chi connectivity index (χ3n) is 4.07. The van der Waals surface area contributed by atoms with Crippen LogP contribution in [0.3, 0.4) is 0 Å². The first-order valence-corrected chi connectivity index (χ1v) is 11.4. The van der Waals surface area contributed by atoms with Crippen LogP contribution in [0.2, 0.25) is 0 Å². The van der Waals surface area contributed by atoms with Crippen molar-refractivity contribution in [3.63, 3.8) is 0 Å². The van der Waals surface area contributed by atoms with E-state index < -0.39 is 20.0 Å². The van der Waals surface area contributed by atoms with E-state index in [4.69, 9.17) is 0 Å². The summed E-state index contributed by atoms with van der Waals surface area (Å²) in [5.41, 5.74) is 2.19. The minimum Gasteiger partial charge on any atom is -0.326 e. The first kappa shape index (κ1) is 19.2. The summed E-state index contributed by atoms with van der Waals surface area (Å²) in [4.78, 5) is 11.1. The van der Waals surface area contributed by atoms with Gasteiger partial charge in [-0.3, -0.25) is 13.8 Å². The smallest absolute Gasteiger partial charge is 0.261 e. The molecule has 1 heterocycles. The van der Waals surface area contributed by atoms with Crippen molar-refractivity contribution in [1.82, 2.24) is 0 Å². The van der Waals surface area contributed by atoms with Crippen LogP contribution < -0.4 is 14.3 Å². The summed E-state index contributed by atoms with van der Waals surface area (Å²) in [7, 11) is -7.17. The number of hydrogen-bond donors (Lipinski definition) is 2. The molecule has 0 saturated heterocycles. The lowest BCUT2D eigenvalue weighted by atomic mass is 10.1. The zero-order valence-electron chi connectivity index (χ0n) is 14.8. The Kier molecular flexibility index (Phi) is 4.87. The maximum atomic E-state index is 12.6. The summed E-state index contributed by atoms with van der Waals surface area (Å²) in [5.74, 6) is -0.245. The van der Waals surface area contributed by atoms with Crippen molar-refractivity contribution < 1.29 is 21.6 Å². The van der Waals surface area contributed by atoms with E-state index in [1.54, 1.807) is 12.1 Å². The first-order valence-electron chi connectivity index (χ1n) is 8.07. The fraction of sp³-hybridized carbons (Fsp3) is 0.235. The molecule has 1 aliphatic rings. The van der Waals surface area contributed by atoms with Gasteiger partial charge in [-0.25, -0.2) is 16.8 Å². The Bertz CT molecular complexity index is 1090. The number of sulfonamides is 2. The lowest BCUT2D eigenvalue weighted by Crippen LogP contribution is -2.27. The van der Waals surface area contributed by atoms with Crippen molar-refractivity contribution in [2.45, 2.75) is 18.2 Å². The number of nitrogens with one attached hydrogen (secondary N) is 2. The second-order valence-electron chi connectivity index (χ2n) is 6.24. The van der Waals surface area contributed by atoms with E-state index in [1.807, 2.05) is 0 Å². The highest BCUT2D eigenvalue weighted by Crippen LogP contribution is 2.32. The van der Waals surface area contributed by atoms with E-state index in [0.717, 1.165) is 11.8 Å². The molecule has 2 aromatic carbocycles.